The number of carbonyl (C=O) groups excluding carboxylic acids is 1. The van der Waals surface area contributed by atoms with E-state index < -0.39 is 27.6 Å². The first kappa shape index (κ1) is 23.7. The Balaban J connectivity index is 1.68. The van der Waals surface area contributed by atoms with Gasteiger partial charge in [-0.05, 0) is 48.6 Å². The van der Waals surface area contributed by atoms with Crippen LogP contribution in [-0.4, -0.2) is 61.4 Å². The molecule has 170 valence electrons. The Bertz CT molecular complexity index is 1090. The average molecular weight is 461 g/mol. The minimum atomic E-state index is -3.81. The maximum Gasteiger partial charge on any atom is 0.234 e. The molecule has 1 atom stereocenters. The lowest BCUT2D eigenvalue weighted by molar-refractivity contribution is -0.153. The maximum atomic E-state index is 13.8. The molecule has 2 aromatic rings. The van der Waals surface area contributed by atoms with Gasteiger partial charge in [-0.25, -0.2) is 22.2 Å². The highest BCUT2D eigenvalue weighted by Gasteiger charge is 2.32. The summed E-state index contributed by atoms with van der Waals surface area (Å²) in [5.74, 6) is 4.85. The number of piperidine rings is 1. The Hall–Kier alpha value is -2.93. The lowest BCUT2D eigenvalue weighted by Crippen LogP contribution is -2.44. The zero-order valence-corrected chi connectivity index (χ0v) is 18.5. The maximum absolute atomic E-state index is 13.8. The van der Waals surface area contributed by atoms with Crippen LogP contribution in [0.4, 0.5) is 4.39 Å². The van der Waals surface area contributed by atoms with Crippen molar-refractivity contribution in [2.24, 2.45) is 0 Å². The summed E-state index contributed by atoms with van der Waals surface area (Å²) in [6, 6.07) is 12.1. The summed E-state index contributed by atoms with van der Waals surface area (Å²) in [6.45, 7) is 0.637. The zero-order chi connectivity index (χ0) is 23.1. The van der Waals surface area contributed by atoms with Gasteiger partial charge in [0.25, 0.3) is 0 Å². The van der Waals surface area contributed by atoms with Crippen LogP contribution in [-0.2, 0) is 14.8 Å². The Labute approximate surface area is 187 Å². The second-order valence-electron chi connectivity index (χ2n) is 7.48. The van der Waals surface area contributed by atoms with E-state index in [9.17, 15) is 22.8 Å². The normalized spacial score (nSPS) is 16.0. The van der Waals surface area contributed by atoms with Crippen LogP contribution in [0.5, 0.6) is 5.75 Å². The van der Waals surface area contributed by atoms with Crippen LogP contribution in [0.1, 0.15) is 29.9 Å². The molecule has 1 N–H and O–H groups in total. The Kier molecular flexibility index (Phi) is 7.85. The van der Waals surface area contributed by atoms with Crippen molar-refractivity contribution in [3.05, 3.63) is 65.5 Å². The van der Waals surface area contributed by atoms with E-state index in [1.807, 2.05) is 24.3 Å². The summed E-state index contributed by atoms with van der Waals surface area (Å²) in [5.41, 5.74) is 1.17. The fourth-order valence-electron chi connectivity index (χ4n) is 3.63. The van der Waals surface area contributed by atoms with Crippen molar-refractivity contribution in [3.8, 4) is 17.6 Å². The standard InChI is InChI=1S/C23H25FN2O5S/c1-31-22-10-7-18(8-11-22)19-12-14-25(15-13-19)32(29,30)16-21(26(28)17-27)9-6-20-4-2-3-5-23(20)24/h2-5,7-8,10-11,17,19,21,28H,12-16H2,1H3. The van der Waals surface area contributed by atoms with Gasteiger partial charge in [0, 0.05) is 13.1 Å². The number of amides is 1. The number of ether oxygens (including phenoxy) is 1. The molecule has 0 bridgehead atoms. The number of benzene rings is 2. The van der Waals surface area contributed by atoms with Gasteiger partial charge < -0.3 is 4.74 Å². The molecule has 1 fully saturated rings. The lowest BCUT2D eigenvalue weighted by Gasteiger charge is -2.32. The number of carbonyl (C=O) groups is 1. The van der Waals surface area contributed by atoms with Crippen molar-refractivity contribution in [2.45, 2.75) is 24.8 Å². The summed E-state index contributed by atoms with van der Waals surface area (Å²) < 4.78 is 46.2. The highest BCUT2D eigenvalue weighted by Crippen LogP contribution is 2.30. The minimum Gasteiger partial charge on any atom is -0.497 e. The summed E-state index contributed by atoms with van der Waals surface area (Å²) >= 11 is 0. The van der Waals surface area contributed by atoms with Crippen LogP contribution in [0.2, 0.25) is 0 Å². The third-order valence-corrected chi connectivity index (χ3v) is 7.37. The topological polar surface area (TPSA) is 87.2 Å². The summed E-state index contributed by atoms with van der Waals surface area (Å²) in [5, 5.41) is 10.0. The number of rotatable bonds is 7. The first-order valence-corrected chi connectivity index (χ1v) is 11.8. The second-order valence-corrected chi connectivity index (χ2v) is 9.49. The van der Waals surface area contributed by atoms with Gasteiger partial charge in [0.05, 0.1) is 18.4 Å². The van der Waals surface area contributed by atoms with Crippen molar-refractivity contribution in [2.75, 3.05) is 26.0 Å². The fourth-order valence-corrected chi connectivity index (χ4v) is 5.24. The van der Waals surface area contributed by atoms with Gasteiger partial charge >= 0.3 is 0 Å². The highest BCUT2D eigenvalue weighted by atomic mass is 32.2. The minimum absolute atomic E-state index is 0.0505. The molecule has 7 nitrogen and oxygen atoms in total. The van der Waals surface area contributed by atoms with E-state index in [0.29, 0.717) is 25.9 Å². The van der Waals surface area contributed by atoms with E-state index >= 15 is 0 Å². The molecule has 0 aromatic heterocycles. The number of hydroxylamine groups is 2. The molecule has 2 aromatic carbocycles. The van der Waals surface area contributed by atoms with Crippen LogP contribution in [0, 0.1) is 17.7 Å². The van der Waals surface area contributed by atoms with E-state index in [4.69, 9.17) is 4.74 Å². The van der Waals surface area contributed by atoms with Gasteiger partial charge in [-0.3, -0.25) is 10.0 Å². The Morgan fingerprint density at radius 1 is 1.22 bits per heavy atom. The van der Waals surface area contributed by atoms with Gasteiger partial charge in [0.2, 0.25) is 16.4 Å². The quantitative estimate of drug-likeness (QED) is 0.297. The molecule has 1 aliphatic rings. The third kappa shape index (κ3) is 5.85. The van der Waals surface area contributed by atoms with Gasteiger partial charge in [-0.2, -0.15) is 0 Å². The van der Waals surface area contributed by atoms with Crippen molar-refractivity contribution in [3.63, 3.8) is 0 Å². The Morgan fingerprint density at radius 2 is 1.88 bits per heavy atom. The SMILES string of the molecule is COc1ccc(C2CCN(S(=O)(=O)CC(C#Cc3ccccc3F)N(O)C=O)CC2)cc1. The highest BCUT2D eigenvalue weighted by molar-refractivity contribution is 7.89. The Morgan fingerprint density at radius 3 is 2.47 bits per heavy atom. The molecule has 1 aliphatic heterocycles. The summed E-state index contributed by atoms with van der Waals surface area (Å²) in [7, 11) is -2.21. The van der Waals surface area contributed by atoms with E-state index in [-0.39, 0.29) is 23.0 Å². The van der Waals surface area contributed by atoms with Crippen LogP contribution in [0.3, 0.4) is 0 Å². The molecular formula is C23H25FN2O5S. The predicted octanol–water partition coefficient (Wildman–Crippen LogP) is 2.61. The molecule has 9 heteroatoms. The molecule has 0 spiro atoms. The molecule has 0 aliphatic carbocycles. The zero-order valence-electron chi connectivity index (χ0n) is 17.6. The molecule has 1 unspecified atom stereocenters. The van der Waals surface area contributed by atoms with Gasteiger partial charge in [0.1, 0.15) is 17.6 Å². The van der Waals surface area contributed by atoms with Gasteiger partial charge in [-0.15, -0.1) is 0 Å². The molecule has 0 radical (unpaired) electrons. The largest absolute Gasteiger partial charge is 0.497 e. The van der Waals surface area contributed by atoms with E-state index in [2.05, 4.69) is 11.8 Å². The van der Waals surface area contributed by atoms with Crippen molar-refractivity contribution in [1.29, 1.82) is 0 Å². The number of halogens is 1. The molecule has 1 heterocycles. The molecule has 0 saturated carbocycles. The molecule has 3 rings (SSSR count). The molecular weight excluding hydrogens is 435 g/mol. The summed E-state index contributed by atoms with van der Waals surface area (Å²) in [4.78, 5) is 11.0. The molecule has 32 heavy (non-hydrogen) atoms. The first-order valence-electron chi connectivity index (χ1n) is 10.1. The third-order valence-electron chi connectivity index (χ3n) is 5.48. The lowest BCUT2D eigenvalue weighted by atomic mass is 9.90. The molecule has 1 amide bonds. The van der Waals surface area contributed by atoms with Crippen LogP contribution in [0.25, 0.3) is 0 Å². The number of methoxy groups -OCH3 is 1. The predicted molar refractivity (Wildman–Crippen MR) is 117 cm³/mol. The van der Waals surface area contributed by atoms with Crippen LogP contribution >= 0.6 is 0 Å². The van der Waals surface area contributed by atoms with Crippen LogP contribution < -0.4 is 4.74 Å². The van der Waals surface area contributed by atoms with Crippen LogP contribution in [0.15, 0.2) is 48.5 Å². The van der Waals surface area contributed by atoms with E-state index in [0.717, 1.165) is 11.3 Å². The molecule has 1 saturated heterocycles. The number of nitrogens with zero attached hydrogens (tertiary/aromatic N) is 2. The monoisotopic (exact) mass is 460 g/mol. The number of hydrogen-bond donors (Lipinski definition) is 1. The smallest absolute Gasteiger partial charge is 0.234 e. The number of sulfonamides is 1. The van der Waals surface area contributed by atoms with Gasteiger partial charge in [-0.1, -0.05) is 36.1 Å². The van der Waals surface area contributed by atoms with Gasteiger partial charge in [0.15, 0.2) is 0 Å². The number of hydrogen-bond acceptors (Lipinski definition) is 5. The van der Waals surface area contributed by atoms with E-state index in [1.54, 1.807) is 13.2 Å². The van der Waals surface area contributed by atoms with E-state index in [1.165, 1.54) is 22.5 Å². The summed E-state index contributed by atoms with van der Waals surface area (Å²) in [6.07, 6.45) is 1.38. The second kappa shape index (κ2) is 10.6. The fraction of sp³-hybridized carbons (Fsp3) is 0.348. The average Bonchev–Trinajstić information content (AvgIpc) is 2.82. The first-order chi connectivity index (χ1) is 15.3. The van der Waals surface area contributed by atoms with Crippen molar-refractivity contribution in [1.82, 2.24) is 9.37 Å². The van der Waals surface area contributed by atoms with Crippen molar-refractivity contribution < 1.29 is 27.5 Å². The van der Waals surface area contributed by atoms with Crippen molar-refractivity contribution >= 4 is 16.4 Å².